The molecule has 0 unspecified atom stereocenters. The highest BCUT2D eigenvalue weighted by Gasteiger charge is 2.13. The number of amides is 1. The number of aromatic nitrogens is 2. The predicted octanol–water partition coefficient (Wildman–Crippen LogP) is 3.72. The van der Waals surface area contributed by atoms with Gasteiger partial charge in [-0.15, -0.1) is 0 Å². The van der Waals surface area contributed by atoms with Gasteiger partial charge in [0.15, 0.2) is 11.5 Å². The molecule has 8 heteroatoms. The Morgan fingerprint density at radius 3 is 2.74 bits per heavy atom. The first-order valence-corrected chi connectivity index (χ1v) is 8.57. The second kappa shape index (κ2) is 7.51. The highest BCUT2D eigenvalue weighted by molar-refractivity contribution is 6.33. The van der Waals surface area contributed by atoms with Crippen LogP contribution in [0.5, 0.6) is 11.5 Å². The normalized spacial score (nSPS) is 11.9. The fraction of sp³-hybridized carbons (Fsp3) is 0.105. The van der Waals surface area contributed by atoms with Crippen LogP contribution in [0.3, 0.4) is 0 Å². The van der Waals surface area contributed by atoms with Crippen molar-refractivity contribution in [1.82, 2.24) is 9.97 Å². The Labute approximate surface area is 160 Å². The summed E-state index contributed by atoms with van der Waals surface area (Å²) in [7, 11) is 0. The molecule has 2 heterocycles. The molecule has 0 aliphatic carbocycles. The summed E-state index contributed by atoms with van der Waals surface area (Å²) in [6.07, 6.45) is 2.92. The van der Waals surface area contributed by atoms with Crippen LogP contribution in [-0.2, 0) is 6.54 Å². The molecule has 136 valence electrons. The van der Waals surface area contributed by atoms with E-state index >= 15 is 0 Å². The zero-order valence-electron chi connectivity index (χ0n) is 14.1. The number of ether oxygens (including phenoxy) is 2. The molecule has 2 aromatic carbocycles. The first-order valence-electron chi connectivity index (χ1n) is 8.19. The monoisotopic (exact) mass is 382 g/mol. The van der Waals surface area contributed by atoms with E-state index in [0.29, 0.717) is 23.1 Å². The van der Waals surface area contributed by atoms with E-state index in [9.17, 15) is 4.79 Å². The topological polar surface area (TPSA) is 85.4 Å². The maximum Gasteiger partial charge on any atom is 0.275 e. The summed E-state index contributed by atoms with van der Waals surface area (Å²) in [5.41, 5.74) is 1.74. The lowest BCUT2D eigenvalue weighted by molar-refractivity contribution is 0.102. The van der Waals surface area contributed by atoms with Crippen LogP contribution in [0.1, 0.15) is 16.1 Å². The molecule has 0 saturated carbocycles. The molecule has 7 nitrogen and oxygen atoms in total. The number of benzene rings is 2. The highest BCUT2D eigenvalue weighted by atomic mass is 35.5. The van der Waals surface area contributed by atoms with E-state index in [1.807, 2.05) is 18.2 Å². The Morgan fingerprint density at radius 1 is 1.07 bits per heavy atom. The highest BCUT2D eigenvalue weighted by Crippen LogP contribution is 2.32. The standard InChI is InChI=1S/C19H15ClN4O3/c20-13-3-1-2-4-14(13)24-19(25)15-9-23-18(10-21-15)22-8-12-5-6-16-17(7-12)27-11-26-16/h1-7,9-10H,8,11H2,(H,22,23)(H,24,25). The molecule has 0 fully saturated rings. The lowest BCUT2D eigenvalue weighted by Gasteiger charge is -2.08. The number of nitrogens with one attached hydrogen (secondary N) is 2. The lowest BCUT2D eigenvalue weighted by atomic mass is 10.2. The average Bonchev–Trinajstić information content (AvgIpc) is 3.16. The number of rotatable bonds is 5. The van der Waals surface area contributed by atoms with Crippen LogP contribution in [-0.4, -0.2) is 22.7 Å². The summed E-state index contributed by atoms with van der Waals surface area (Å²) in [5.74, 6) is 1.65. The van der Waals surface area contributed by atoms with Crippen molar-refractivity contribution in [1.29, 1.82) is 0 Å². The van der Waals surface area contributed by atoms with Crippen LogP contribution in [0.15, 0.2) is 54.9 Å². The lowest BCUT2D eigenvalue weighted by Crippen LogP contribution is -2.14. The van der Waals surface area contributed by atoms with E-state index in [1.165, 1.54) is 12.4 Å². The average molecular weight is 383 g/mol. The van der Waals surface area contributed by atoms with Gasteiger partial charge in [-0.1, -0.05) is 29.8 Å². The minimum atomic E-state index is -0.377. The van der Waals surface area contributed by atoms with E-state index in [-0.39, 0.29) is 18.4 Å². The fourth-order valence-corrected chi connectivity index (χ4v) is 2.71. The minimum absolute atomic E-state index is 0.198. The molecule has 1 aromatic heterocycles. The second-order valence-electron chi connectivity index (χ2n) is 5.76. The molecular formula is C19H15ClN4O3. The molecular weight excluding hydrogens is 368 g/mol. The van der Waals surface area contributed by atoms with Crippen LogP contribution >= 0.6 is 11.6 Å². The number of hydrogen-bond acceptors (Lipinski definition) is 6. The largest absolute Gasteiger partial charge is 0.454 e. The van der Waals surface area contributed by atoms with Crippen LogP contribution < -0.4 is 20.1 Å². The number of carbonyl (C=O) groups excluding carboxylic acids is 1. The first kappa shape index (κ1) is 17.1. The quantitative estimate of drug-likeness (QED) is 0.699. The molecule has 0 bridgehead atoms. The molecule has 0 saturated heterocycles. The third kappa shape index (κ3) is 3.93. The Balaban J connectivity index is 1.37. The van der Waals surface area contributed by atoms with Crippen molar-refractivity contribution in [3.63, 3.8) is 0 Å². The van der Waals surface area contributed by atoms with E-state index in [2.05, 4.69) is 20.6 Å². The zero-order chi connectivity index (χ0) is 18.6. The summed E-state index contributed by atoms with van der Waals surface area (Å²) < 4.78 is 10.6. The van der Waals surface area contributed by atoms with Crippen LogP contribution in [0.25, 0.3) is 0 Å². The number of nitrogens with zero attached hydrogens (tertiary/aromatic N) is 2. The van der Waals surface area contributed by atoms with Crippen molar-refractivity contribution < 1.29 is 14.3 Å². The fourth-order valence-electron chi connectivity index (χ4n) is 2.53. The van der Waals surface area contributed by atoms with Crippen LogP contribution in [0.2, 0.25) is 5.02 Å². The van der Waals surface area contributed by atoms with Gasteiger partial charge in [0.25, 0.3) is 5.91 Å². The molecule has 0 spiro atoms. The van der Waals surface area contributed by atoms with Gasteiger partial charge in [0.05, 0.1) is 23.1 Å². The molecule has 1 amide bonds. The van der Waals surface area contributed by atoms with Crippen molar-refractivity contribution >= 4 is 29.0 Å². The molecule has 1 aliphatic heterocycles. The van der Waals surface area contributed by atoms with Gasteiger partial charge >= 0.3 is 0 Å². The molecule has 0 atom stereocenters. The van der Waals surface area contributed by atoms with Gasteiger partial charge in [0.2, 0.25) is 6.79 Å². The van der Waals surface area contributed by atoms with E-state index in [1.54, 1.807) is 24.3 Å². The number of para-hydroxylation sites is 1. The van der Waals surface area contributed by atoms with Crippen LogP contribution in [0, 0.1) is 0 Å². The Morgan fingerprint density at radius 2 is 1.93 bits per heavy atom. The van der Waals surface area contributed by atoms with Crippen molar-refractivity contribution in [2.24, 2.45) is 0 Å². The van der Waals surface area contributed by atoms with Gasteiger partial charge in [-0.3, -0.25) is 4.79 Å². The summed E-state index contributed by atoms with van der Waals surface area (Å²) >= 11 is 6.04. The predicted molar refractivity (Wildman–Crippen MR) is 101 cm³/mol. The number of anilines is 2. The van der Waals surface area contributed by atoms with Crippen molar-refractivity contribution in [2.45, 2.75) is 6.54 Å². The third-order valence-electron chi connectivity index (χ3n) is 3.92. The maximum atomic E-state index is 12.2. The maximum absolute atomic E-state index is 12.2. The molecule has 4 rings (SSSR count). The number of hydrogen-bond donors (Lipinski definition) is 2. The van der Waals surface area contributed by atoms with Gasteiger partial charge in [0.1, 0.15) is 11.5 Å². The summed E-state index contributed by atoms with van der Waals surface area (Å²) in [6.45, 7) is 0.784. The van der Waals surface area contributed by atoms with E-state index in [4.69, 9.17) is 21.1 Å². The Hall–Kier alpha value is -3.32. The molecule has 1 aliphatic rings. The van der Waals surface area contributed by atoms with E-state index < -0.39 is 0 Å². The summed E-state index contributed by atoms with van der Waals surface area (Å²) in [5, 5.41) is 6.32. The van der Waals surface area contributed by atoms with Gasteiger partial charge in [-0.2, -0.15) is 0 Å². The van der Waals surface area contributed by atoms with Crippen molar-refractivity contribution in [2.75, 3.05) is 17.4 Å². The zero-order valence-corrected chi connectivity index (χ0v) is 14.9. The van der Waals surface area contributed by atoms with Gasteiger partial charge in [-0.05, 0) is 29.8 Å². The van der Waals surface area contributed by atoms with Gasteiger partial charge < -0.3 is 20.1 Å². The Bertz CT molecular complexity index is 979. The minimum Gasteiger partial charge on any atom is -0.454 e. The first-order chi connectivity index (χ1) is 13.2. The number of carbonyl (C=O) groups is 1. The molecule has 3 aromatic rings. The molecule has 27 heavy (non-hydrogen) atoms. The van der Waals surface area contributed by atoms with Gasteiger partial charge in [0, 0.05) is 6.54 Å². The SMILES string of the molecule is O=C(Nc1ccccc1Cl)c1cnc(NCc2ccc3c(c2)OCO3)cn1. The smallest absolute Gasteiger partial charge is 0.275 e. The van der Waals surface area contributed by atoms with Crippen molar-refractivity contribution in [3.05, 3.63) is 71.1 Å². The van der Waals surface area contributed by atoms with E-state index in [0.717, 1.165) is 17.1 Å². The van der Waals surface area contributed by atoms with Crippen molar-refractivity contribution in [3.8, 4) is 11.5 Å². The second-order valence-corrected chi connectivity index (χ2v) is 6.17. The summed E-state index contributed by atoms with van der Waals surface area (Å²) in [6, 6.07) is 12.7. The van der Waals surface area contributed by atoms with Crippen LogP contribution in [0.4, 0.5) is 11.5 Å². The summed E-state index contributed by atoms with van der Waals surface area (Å²) in [4.78, 5) is 20.6. The van der Waals surface area contributed by atoms with Gasteiger partial charge in [-0.25, -0.2) is 9.97 Å². The Kier molecular flexibility index (Phi) is 4.76. The molecule has 0 radical (unpaired) electrons. The number of halogens is 1. The molecule has 2 N–H and O–H groups in total. The third-order valence-corrected chi connectivity index (χ3v) is 4.25. The number of fused-ring (bicyclic) bond motifs is 1.